The van der Waals surface area contributed by atoms with Crippen LogP contribution in [0.5, 0.6) is 0 Å². The van der Waals surface area contributed by atoms with Gasteiger partial charge in [-0.1, -0.05) is 41.6 Å². The first-order valence-electron chi connectivity index (χ1n) is 6.57. The zero-order valence-corrected chi connectivity index (χ0v) is 11.5. The number of hydrogen-bond acceptors (Lipinski definition) is 5. The van der Waals surface area contributed by atoms with E-state index >= 15 is 0 Å². The van der Waals surface area contributed by atoms with E-state index in [1.165, 1.54) is 0 Å². The molecule has 0 aliphatic heterocycles. The van der Waals surface area contributed by atoms with Gasteiger partial charge >= 0.3 is 0 Å². The molecule has 1 heterocycles. The SMILES string of the molecule is NC(=NO)c1ncccc1CNC(CO)c1ccccc1. The fraction of sp³-hybridized carbons (Fsp3) is 0.200. The number of hydrogen-bond donors (Lipinski definition) is 4. The smallest absolute Gasteiger partial charge is 0.189 e. The van der Waals surface area contributed by atoms with E-state index < -0.39 is 0 Å². The zero-order chi connectivity index (χ0) is 15.1. The molecule has 1 aromatic carbocycles. The fourth-order valence-electron chi connectivity index (χ4n) is 2.07. The lowest BCUT2D eigenvalue weighted by Crippen LogP contribution is -2.26. The van der Waals surface area contributed by atoms with E-state index in [-0.39, 0.29) is 18.5 Å². The maximum atomic E-state index is 9.52. The maximum absolute atomic E-state index is 9.52. The second-order valence-corrected chi connectivity index (χ2v) is 4.52. The highest BCUT2D eigenvalue weighted by Gasteiger charge is 2.12. The molecule has 0 saturated heterocycles. The highest BCUT2D eigenvalue weighted by molar-refractivity contribution is 5.96. The quantitative estimate of drug-likeness (QED) is 0.274. The molecule has 0 spiro atoms. The van der Waals surface area contributed by atoms with Crippen LogP contribution in [0.3, 0.4) is 0 Å². The predicted octanol–water partition coefficient (Wildman–Crippen LogP) is 0.999. The molecule has 0 amide bonds. The molecule has 110 valence electrons. The van der Waals surface area contributed by atoms with Gasteiger partial charge in [0.25, 0.3) is 0 Å². The minimum Gasteiger partial charge on any atom is -0.409 e. The summed E-state index contributed by atoms with van der Waals surface area (Å²) in [5.41, 5.74) is 7.82. The van der Waals surface area contributed by atoms with Crippen molar-refractivity contribution in [2.75, 3.05) is 6.61 Å². The largest absolute Gasteiger partial charge is 0.409 e. The van der Waals surface area contributed by atoms with Crippen molar-refractivity contribution < 1.29 is 10.3 Å². The number of rotatable bonds is 6. The molecule has 6 heteroatoms. The Balaban J connectivity index is 2.12. The minimum absolute atomic E-state index is 0.0246. The van der Waals surface area contributed by atoms with Gasteiger partial charge < -0.3 is 21.4 Å². The first-order valence-corrected chi connectivity index (χ1v) is 6.57. The summed E-state index contributed by atoms with van der Waals surface area (Å²) in [7, 11) is 0. The van der Waals surface area contributed by atoms with Gasteiger partial charge in [-0.25, -0.2) is 0 Å². The van der Waals surface area contributed by atoms with Crippen molar-refractivity contribution in [3.05, 3.63) is 65.5 Å². The van der Waals surface area contributed by atoms with E-state index in [0.29, 0.717) is 12.2 Å². The summed E-state index contributed by atoms with van der Waals surface area (Å²) in [5, 5.41) is 24.5. The zero-order valence-electron chi connectivity index (χ0n) is 11.5. The monoisotopic (exact) mass is 286 g/mol. The second-order valence-electron chi connectivity index (χ2n) is 4.52. The number of aromatic nitrogens is 1. The van der Waals surface area contributed by atoms with Gasteiger partial charge in [-0.2, -0.15) is 0 Å². The summed E-state index contributed by atoms with van der Waals surface area (Å²) < 4.78 is 0. The van der Waals surface area contributed by atoms with Gasteiger partial charge in [0.05, 0.1) is 12.6 Å². The summed E-state index contributed by atoms with van der Waals surface area (Å²) in [4.78, 5) is 4.11. The second kappa shape index (κ2) is 7.37. The number of amidine groups is 1. The molecular formula is C15H18N4O2. The number of benzene rings is 1. The van der Waals surface area contributed by atoms with E-state index in [2.05, 4.69) is 15.5 Å². The van der Waals surface area contributed by atoms with Gasteiger partial charge in [0.2, 0.25) is 0 Å². The number of nitrogens with zero attached hydrogens (tertiary/aromatic N) is 2. The molecule has 0 aliphatic carbocycles. The molecule has 0 aliphatic rings. The van der Waals surface area contributed by atoms with E-state index in [4.69, 9.17) is 10.9 Å². The molecule has 0 fully saturated rings. The number of aliphatic hydroxyl groups is 1. The van der Waals surface area contributed by atoms with E-state index in [1.54, 1.807) is 12.3 Å². The van der Waals surface area contributed by atoms with Crippen LogP contribution < -0.4 is 11.1 Å². The maximum Gasteiger partial charge on any atom is 0.189 e. The van der Waals surface area contributed by atoms with Gasteiger partial charge in [-0.05, 0) is 17.2 Å². The topological polar surface area (TPSA) is 104 Å². The van der Waals surface area contributed by atoms with Gasteiger partial charge in [-0.15, -0.1) is 0 Å². The molecule has 6 nitrogen and oxygen atoms in total. The predicted molar refractivity (Wildman–Crippen MR) is 79.9 cm³/mol. The van der Waals surface area contributed by atoms with Gasteiger partial charge in [-0.3, -0.25) is 4.98 Å². The van der Waals surface area contributed by atoms with E-state index in [1.807, 2.05) is 36.4 Å². The molecule has 0 saturated carbocycles. The van der Waals surface area contributed by atoms with Crippen LogP contribution in [0.1, 0.15) is 22.9 Å². The minimum atomic E-state index is -0.188. The number of pyridine rings is 1. The van der Waals surface area contributed by atoms with Crippen molar-refractivity contribution in [2.24, 2.45) is 10.9 Å². The summed E-state index contributed by atoms with van der Waals surface area (Å²) in [6.45, 7) is 0.419. The molecule has 5 N–H and O–H groups in total. The summed E-state index contributed by atoms with van der Waals surface area (Å²) in [6.07, 6.45) is 1.58. The third kappa shape index (κ3) is 3.77. The number of nitrogens with one attached hydrogen (secondary N) is 1. The first-order chi connectivity index (χ1) is 10.3. The highest BCUT2D eigenvalue weighted by Crippen LogP contribution is 2.13. The van der Waals surface area contributed by atoms with Crippen LogP contribution in [-0.4, -0.2) is 27.7 Å². The van der Waals surface area contributed by atoms with Crippen LogP contribution in [0.2, 0.25) is 0 Å². The molecular weight excluding hydrogens is 268 g/mol. The van der Waals surface area contributed by atoms with Gasteiger partial charge in [0.15, 0.2) is 5.84 Å². The number of oxime groups is 1. The molecule has 0 radical (unpaired) electrons. The lowest BCUT2D eigenvalue weighted by molar-refractivity contribution is 0.243. The Morgan fingerprint density at radius 2 is 2.00 bits per heavy atom. The van der Waals surface area contributed by atoms with E-state index in [9.17, 15) is 5.11 Å². The Labute approximate surface area is 122 Å². The molecule has 2 rings (SSSR count). The van der Waals surface area contributed by atoms with Crippen LogP contribution in [-0.2, 0) is 6.54 Å². The average Bonchev–Trinajstić information content (AvgIpc) is 2.56. The highest BCUT2D eigenvalue weighted by atomic mass is 16.4. The molecule has 1 aromatic heterocycles. The van der Waals surface area contributed by atoms with E-state index in [0.717, 1.165) is 11.1 Å². The summed E-state index contributed by atoms with van der Waals surface area (Å²) >= 11 is 0. The normalized spacial score (nSPS) is 13.1. The molecule has 1 atom stereocenters. The Morgan fingerprint density at radius 1 is 1.24 bits per heavy atom. The van der Waals surface area contributed by atoms with Crippen molar-refractivity contribution >= 4 is 5.84 Å². The fourth-order valence-corrected chi connectivity index (χ4v) is 2.07. The van der Waals surface area contributed by atoms with Gasteiger partial charge in [0.1, 0.15) is 5.69 Å². The van der Waals surface area contributed by atoms with Crippen LogP contribution in [0.25, 0.3) is 0 Å². The molecule has 2 aromatic rings. The summed E-state index contributed by atoms with van der Waals surface area (Å²) in [6, 6.07) is 13.1. The Hall–Kier alpha value is -2.44. The van der Waals surface area contributed by atoms with Crippen molar-refractivity contribution in [2.45, 2.75) is 12.6 Å². The third-order valence-corrected chi connectivity index (χ3v) is 3.17. The van der Waals surface area contributed by atoms with Gasteiger partial charge in [0, 0.05) is 12.7 Å². The Kier molecular flexibility index (Phi) is 5.25. The van der Waals surface area contributed by atoms with Crippen molar-refractivity contribution in [3.8, 4) is 0 Å². The Morgan fingerprint density at radius 3 is 2.67 bits per heavy atom. The van der Waals surface area contributed by atoms with Crippen LogP contribution in [0.4, 0.5) is 0 Å². The lowest BCUT2D eigenvalue weighted by Gasteiger charge is -2.17. The molecule has 1 unspecified atom stereocenters. The first kappa shape index (κ1) is 15.0. The molecule has 21 heavy (non-hydrogen) atoms. The summed E-state index contributed by atoms with van der Waals surface area (Å²) in [5.74, 6) is -0.0346. The molecule has 0 bridgehead atoms. The Bertz CT molecular complexity index is 602. The average molecular weight is 286 g/mol. The number of nitrogens with two attached hydrogens (primary N) is 1. The van der Waals surface area contributed by atoms with Crippen molar-refractivity contribution in [3.63, 3.8) is 0 Å². The third-order valence-electron chi connectivity index (χ3n) is 3.17. The number of aliphatic hydroxyl groups excluding tert-OH is 1. The standard InChI is InChI=1S/C15H18N4O2/c16-15(19-21)14-12(7-4-8-17-14)9-18-13(10-20)11-5-2-1-3-6-11/h1-8,13,18,20-21H,9-10H2,(H2,16,19). The van der Waals surface area contributed by atoms with Crippen molar-refractivity contribution in [1.29, 1.82) is 0 Å². The van der Waals surface area contributed by atoms with Crippen LogP contribution >= 0.6 is 0 Å². The lowest BCUT2D eigenvalue weighted by atomic mass is 10.1. The van der Waals surface area contributed by atoms with Crippen LogP contribution in [0.15, 0.2) is 53.8 Å². The van der Waals surface area contributed by atoms with Crippen LogP contribution in [0, 0.1) is 0 Å². The van der Waals surface area contributed by atoms with Crippen molar-refractivity contribution in [1.82, 2.24) is 10.3 Å².